The molecule has 2 fully saturated rings. The van der Waals surface area contributed by atoms with Gasteiger partial charge in [0.1, 0.15) is 24.4 Å². The molecule has 0 bridgehead atoms. The third kappa shape index (κ3) is 13.6. The molecule has 5 amide bonds. The summed E-state index contributed by atoms with van der Waals surface area (Å²) < 4.78 is 3.42. The van der Waals surface area contributed by atoms with Crippen molar-refractivity contribution in [2.45, 2.75) is 131 Å². The second-order valence-corrected chi connectivity index (χ2v) is 23.5. The average molecular weight is 1120 g/mol. The summed E-state index contributed by atoms with van der Waals surface area (Å²) in [6, 6.07) is 15.8. The Morgan fingerprint density at radius 3 is 2.31 bits per heavy atom. The monoisotopic (exact) mass is 1120 g/mol. The molecule has 22 heteroatoms. The second-order valence-electron chi connectivity index (χ2n) is 22.6. The first-order valence-corrected chi connectivity index (χ1v) is 28.5. The van der Waals surface area contributed by atoms with Crippen molar-refractivity contribution in [3.63, 3.8) is 0 Å². The van der Waals surface area contributed by atoms with Gasteiger partial charge in [0, 0.05) is 99.3 Å². The van der Waals surface area contributed by atoms with Crippen LogP contribution in [0.25, 0.3) is 32.5 Å². The normalized spacial score (nSPS) is 16.0. The van der Waals surface area contributed by atoms with Crippen molar-refractivity contribution < 1.29 is 29.1 Å². The molecule has 0 aliphatic carbocycles. The van der Waals surface area contributed by atoms with Gasteiger partial charge in [-0.3, -0.25) is 33.4 Å². The van der Waals surface area contributed by atoms with Crippen molar-refractivity contribution in [1.82, 2.24) is 65.5 Å². The predicted molar refractivity (Wildman–Crippen MR) is 309 cm³/mol. The number of unbranched alkanes of at least 4 members (excludes halogenated alkanes) is 1. The lowest BCUT2D eigenvalue weighted by atomic mass is 9.85. The van der Waals surface area contributed by atoms with Crippen LogP contribution in [0.5, 0.6) is 0 Å². The van der Waals surface area contributed by atoms with Gasteiger partial charge in [-0.25, -0.2) is 14.6 Å². The number of nitrogens with zero attached hydrogens (tertiary/aromatic N) is 10. The molecule has 7 aromatic rings. The van der Waals surface area contributed by atoms with E-state index < -0.39 is 29.5 Å². The SMILES string of the molecule is Cc1cc(C)c(CNC(=O)c2cc(-c3ccc(N4CCN(C(=O)Cn5cc(CCCCC(=O)N[C@@H](C(=O)N6C[C@H](O)C[C@H]6C(=O)NCc6ccc(-c7scnc7C)cc6)C(C)(C)C)nn5)CC4)nc3)cc3c2cnn3C(C)C)c(=O)[nH]1. The van der Waals surface area contributed by atoms with Gasteiger partial charge in [-0.2, -0.15) is 5.10 Å². The molecule has 3 atom stereocenters. The lowest BCUT2D eigenvalue weighted by Crippen LogP contribution is -2.57. The van der Waals surface area contributed by atoms with Crippen molar-refractivity contribution in [1.29, 1.82) is 0 Å². The van der Waals surface area contributed by atoms with Gasteiger partial charge >= 0.3 is 0 Å². The molecule has 2 saturated heterocycles. The lowest BCUT2D eigenvalue weighted by Gasteiger charge is -2.35. The number of H-pyrrole nitrogens is 1. The Kier molecular flexibility index (Phi) is 17.6. The number of rotatable bonds is 19. The summed E-state index contributed by atoms with van der Waals surface area (Å²) in [6.45, 7) is 17.8. The zero-order valence-corrected chi connectivity index (χ0v) is 48.1. The fraction of sp³-hybridized carbons (Fsp3) is 0.441. The summed E-state index contributed by atoms with van der Waals surface area (Å²) in [5.41, 5.74) is 9.42. The van der Waals surface area contributed by atoms with E-state index in [2.05, 4.69) is 46.2 Å². The Morgan fingerprint density at radius 2 is 1.63 bits per heavy atom. The number of nitrogens with one attached hydrogen (secondary N) is 4. The molecule has 21 nitrogen and oxygen atoms in total. The number of aromatic nitrogens is 8. The average Bonchev–Trinajstić information content (AvgIpc) is 4.47. The molecule has 9 rings (SSSR count). The van der Waals surface area contributed by atoms with Crippen molar-refractivity contribution in [3.05, 3.63) is 128 Å². The highest BCUT2D eigenvalue weighted by molar-refractivity contribution is 7.13. The zero-order chi connectivity index (χ0) is 57.7. The number of aryl methyl sites for hydroxylation is 4. The van der Waals surface area contributed by atoms with Gasteiger partial charge < -0.3 is 40.7 Å². The quantitative estimate of drug-likeness (QED) is 0.0600. The molecule has 5 N–H and O–H groups in total. The van der Waals surface area contributed by atoms with Crippen LogP contribution < -0.4 is 26.4 Å². The molecule has 7 heterocycles. The molecule has 81 heavy (non-hydrogen) atoms. The van der Waals surface area contributed by atoms with Gasteiger partial charge in [-0.05, 0) is 112 Å². The largest absolute Gasteiger partial charge is 0.391 e. The molecule has 2 aromatic carbocycles. The number of anilines is 1. The molecular weight excluding hydrogens is 1050 g/mol. The minimum atomic E-state index is -0.930. The number of carbonyl (C=O) groups is 5. The van der Waals surface area contributed by atoms with E-state index in [1.165, 1.54) is 9.58 Å². The van der Waals surface area contributed by atoms with E-state index in [1.807, 2.05) is 125 Å². The van der Waals surface area contributed by atoms with E-state index in [1.54, 1.807) is 29.9 Å². The summed E-state index contributed by atoms with van der Waals surface area (Å²) in [4.78, 5) is 99.4. The van der Waals surface area contributed by atoms with E-state index in [4.69, 9.17) is 4.98 Å². The smallest absolute Gasteiger partial charge is 0.253 e. The third-order valence-corrected chi connectivity index (χ3v) is 16.1. The Bertz CT molecular complexity index is 3480. The van der Waals surface area contributed by atoms with Gasteiger partial charge in [-0.1, -0.05) is 50.3 Å². The Morgan fingerprint density at radius 1 is 0.877 bits per heavy atom. The Balaban J connectivity index is 0.720. The number of thiazole rings is 1. The lowest BCUT2D eigenvalue weighted by molar-refractivity contribution is -0.144. The fourth-order valence-electron chi connectivity index (χ4n) is 10.6. The van der Waals surface area contributed by atoms with Gasteiger partial charge in [0.25, 0.3) is 11.5 Å². The van der Waals surface area contributed by atoms with Crippen LogP contribution in [-0.2, 0) is 45.2 Å². The Labute approximate surface area is 474 Å². The van der Waals surface area contributed by atoms with E-state index >= 15 is 0 Å². The number of benzene rings is 2. The molecule has 5 aromatic heterocycles. The summed E-state index contributed by atoms with van der Waals surface area (Å²) >= 11 is 1.57. The van der Waals surface area contributed by atoms with Gasteiger partial charge in [-0.15, -0.1) is 16.4 Å². The van der Waals surface area contributed by atoms with E-state index in [-0.39, 0.29) is 74.3 Å². The number of hydrogen-bond donors (Lipinski definition) is 5. The number of amides is 5. The zero-order valence-electron chi connectivity index (χ0n) is 47.3. The van der Waals surface area contributed by atoms with Crippen LogP contribution in [0.1, 0.15) is 110 Å². The molecule has 2 aliphatic heterocycles. The minimum absolute atomic E-state index is 0.0121. The predicted octanol–water partition coefficient (Wildman–Crippen LogP) is 5.81. The van der Waals surface area contributed by atoms with Gasteiger partial charge in [0.2, 0.25) is 23.6 Å². The number of carbonyl (C=O) groups excluding carboxylic acids is 5. The van der Waals surface area contributed by atoms with Gasteiger partial charge in [0.15, 0.2) is 0 Å². The Hall–Kier alpha value is -8.11. The van der Waals surface area contributed by atoms with Crippen LogP contribution in [0.15, 0.2) is 83.5 Å². The number of hydrogen-bond acceptors (Lipinski definition) is 14. The summed E-state index contributed by atoms with van der Waals surface area (Å²) in [7, 11) is 0. The van der Waals surface area contributed by atoms with Crippen molar-refractivity contribution in [3.8, 4) is 21.6 Å². The standard InChI is InChI=1S/C59H72N14O7S/c1-35(2)73-48-25-42(24-45(47(48)30-64-73)55(77)62-29-46-36(3)23-37(4)65-56(46)78)41-17-18-50(60-28-41)69-19-21-70(22-20-69)52(76)33-71-31-43(67-68-71)11-9-10-12-51(75)66-54(59(6,7)8)58(80)72-32-44(74)26-49(72)57(79)61-27-39-13-15-40(16-14-39)53-38(5)63-34-81-53/h13-18,23-25,28,30-31,34-35,44,49,54,74H,9-12,19-22,26-27,29,32-33H2,1-8H3,(H,61,79)(H,62,77)(H,65,78)(H,66,75)/t44-,49+,54+/m1/s1. The molecule has 0 spiro atoms. The number of aliphatic hydroxyl groups excluding tert-OH is 1. The number of fused-ring (bicyclic) bond motifs is 1. The second kappa shape index (κ2) is 24.7. The minimum Gasteiger partial charge on any atom is -0.391 e. The maximum absolute atomic E-state index is 14.1. The number of aromatic amines is 1. The van der Waals surface area contributed by atoms with Crippen LogP contribution in [0.4, 0.5) is 5.82 Å². The van der Waals surface area contributed by atoms with Crippen molar-refractivity contribution in [2.24, 2.45) is 5.41 Å². The van der Waals surface area contributed by atoms with E-state index in [0.29, 0.717) is 67.6 Å². The molecule has 426 valence electrons. The van der Waals surface area contributed by atoms with Crippen LogP contribution in [0.3, 0.4) is 0 Å². The topological polar surface area (TPSA) is 259 Å². The molecule has 2 aliphatic rings. The molecule has 0 unspecified atom stereocenters. The van der Waals surface area contributed by atoms with Crippen LogP contribution >= 0.6 is 11.3 Å². The van der Waals surface area contributed by atoms with E-state index in [0.717, 1.165) is 55.4 Å². The summed E-state index contributed by atoms with van der Waals surface area (Å²) in [5.74, 6) is -0.705. The highest BCUT2D eigenvalue weighted by atomic mass is 32.1. The van der Waals surface area contributed by atoms with Crippen LogP contribution in [-0.4, -0.2) is 135 Å². The molecule has 0 saturated carbocycles. The summed E-state index contributed by atoms with van der Waals surface area (Å²) in [5, 5.41) is 33.3. The van der Waals surface area contributed by atoms with Gasteiger partial charge in [0.05, 0.1) is 45.2 Å². The number of likely N-dealkylation sites (tertiary alicyclic amines) is 1. The highest BCUT2D eigenvalue weighted by Crippen LogP contribution is 2.32. The third-order valence-electron chi connectivity index (χ3n) is 15.1. The maximum atomic E-state index is 14.1. The van der Waals surface area contributed by atoms with E-state index in [9.17, 15) is 33.9 Å². The van der Waals surface area contributed by atoms with Crippen LogP contribution in [0, 0.1) is 26.2 Å². The highest BCUT2D eigenvalue weighted by Gasteiger charge is 2.44. The fourth-order valence-corrected chi connectivity index (χ4v) is 11.4. The molecular formula is C59H72N14O7S. The van der Waals surface area contributed by atoms with Crippen molar-refractivity contribution >= 4 is 57.6 Å². The first kappa shape index (κ1) is 57.6. The first-order chi connectivity index (χ1) is 38.7. The number of piperazine rings is 1. The number of β-amino-alcohol motifs (C(OH)–C–C–N with tert-alkyl or cyclic N) is 1. The van der Waals surface area contributed by atoms with Crippen LogP contribution in [0.2, 0.25) is 0 Å². The number of pyridine rings is 2. The summed E-state index contributed by atoms with van der Waals surface area (Å²) in [6.07, 6.45) is 6.31. The number of aliphatic hydroxyl groups is 1. The maximum Gasteiger partial charge on any atom is 0.253 e. The first-order valence-electron chi connectivity index (χ1n) is 27.6. The molecule has 0 radical (unpaired) electrons. The van der Waals surface area contributed by atoms with Crippen molar-refractivity contribution in [2.75, 3.05) is 37.6 Å².